The lowest BCUT2D eigenvalue weighted by atomic mass is 9.95. The van der Waals surface area contributed by atoms with Crippen LogP contribution in [0.2, 0.25) is 0 Å². The zero-order chi connectivity index (χ0) is 13.1. The molecule has 1 aromatic carbocycles. The largest absolute Gasteiger partial charge is 0.399 e. The van der Waals surface area contributed by atoms with Crippen LogP contribution in [0.3, 0.4) is 0 Å². The Bertz CT molecular complexity index is 454. The molecule has 2 unspecified atom stereocenters. The molecule has 4 nitrogen and oxygen atoms in total. The van der Waals surface area contributed by atoms with E-state index in [1.54, 1.807) is 6.92 Å². The maximum atomic E-state index is 11.1. The predicted octanol–water partition coefficient (Wildman–Crippen LogP) is 1.83. The van der Waals surface area contributed by atoms with Gasteiger partial charge in [0.15, 0.2) is 0 Å². The summed E-state index contributed by atoms with van der Waals surface area (Å²) in [6, 6.07) is 7.66. The van der Waals surface area contributed by atoms with E-state index in [2.05, 4.69) is 6.92 Å². The number of primary sulfonamides is 1. The summed E-state index contributed by atoms with van der Waals surface area (Å²) >= 11 is 0. The van der Waals surface area contributed by atoms with E-state index in [1.807, 2.05) is 24.3 Å². The van der Waals surface area contributed by atoms with Crippen LogP contribution in [0.5, 0.6) is 0 Å². The van der Waals surface area contributed by atoms with Crippen LogP contribution >= 0.6 is 0 Å². The molecule has 0 aromatic heterocycles. The van der Waals surface area contributed by atoms with E-state index in [9.17, 15) is 8.42 Å². The maximum absolute atomic E-state index is 11.1. The minimum atomic E-state index is -3.41. The van der Waals surface area contributed by atoms with Gasteiger partial charge in [0.2, 0.25) is 10.0 Å². The number of nitrogens with two attached hydrogens (primary N) is 2. The highest BCUT2D eigenvalue weighted by Crippen LogP contribution is 2.23. The highest BCUT2D eigenvalue weighted by Gasteiger charge is 2.16. The van der Waals surface area contributed by atoms with Crippen LogP contribution in [0.25, 0.3) is 0 Å². The molecule has 0 aliphatic carbocycles. The second-order valence-corrected chi connectivity index (χ2v) is 6.53. The molecular formula is C12H20N2O2S. The molecule has 0 bridgehead atoms. The topological polar surface area (TPSA) is 86.2 Å². The van der Waals surface area contributed by atoms with Crippen LogP contribution in [-0.4, -0.2) is 13.7 Å². The molecule has 0 saturated heterocycles. The van der Waals surface area contributed by atoms with Crippen molar-refractivity contribution in [2.24, 2.45) is 5.14 Å². The van der Waals surface area contributed by atoms with Gasteiger partial charge in [-0.2, -0.15) is 0 Å². The van der Waals surface area contributed by atoms with Gasteiger partial charge in [-0.05, 0) is 43.4 Å². The van der Waals surface area contributed by atoms with Crippen molar-refractivity contribution in [1.82, 2.24) is 0 Å². The molecule has 0 amide bonds. The van der Waals surface area contributed by atoms with E-state index >= 15 is 0 Å². The molecular weight excluding hydrogens is 236 g/mol. The van der Waals surface area contributed by atoms with Gasteiger partial charge in [0, 0.05) is 5.69 Å². The number of hydrogen-bond acceptors (Lipinski definition) is 3. The third-order valence-corrected chi connectivity index (χ3v) is 4.43. The standard InChI is InChI=1S/C12H20N2O2S/c1-9(3-4-10(2)17(14,15)16)11-5-7-12(13)8-6-11/h5-10H,3-4,13H2,1-2H3,(H2,14,15,16). The van der Waals surface area contributed by atoms with Crippen molar-refractivity contribution in [3.63, 3.8) is 0 Å². The molecule has 0 spiro atoms. The van der Waals surface area contributed by atoms with Crippen LogP contribution in [0.1, 0.15) is 38.2 Å². The minimum Gasteiger partial charge on any atom is -0.399 e. The summed E-state index contributed by atoms with van der Waals surface area (Å²) in [5, 5.41) is 4.59. The first-order valence-corrected chi connectivity index (χ1v) is 7.28. The number of rotatable bonds is 5. The Hall–Kier alpha value is -1.07. The summed E-state index contributed by atoms with van der Waals surface area (Å²) in [5.74, 6) is 0.305. The monoisotopic (exact) mass is 256 g/mol. The van der Waals surface area contributed by atoms with Gasteiger partial charge >= 0.3 is 0 Å². The Morgan fingerprint density at radius 3 is 2.12 bits per heavy atom. The third kappa shape index (κ3) is 4.36. The quantitative estimate of drug-likeness (QED) is 0.788. The average molecular weight is 256 g/mol. The number of nitrogen functional groups attached to an aromatic ring is 1. The first-order chi connectivity index (χ1) is 7.80. The lowest BCUT2D eigenvalue weighted by Gasteiger charge is -2.14. The highest BCUT2D eigenvalue weighted by molar-refractivity contribution is 7.89. The summed E-state index contributed by atoms with van der Waals surface area (Å²) in [6.07, 6.45) is 1.37. The van der Waals surface area contributed by atoms with Crippen molar-refractivity contribution >= 4 is 15.7 Å². The summed E-state index contributed by atoms with van der Waals surface area (Å²) in [7, 11) is -3.41. The second-order valence-electron chi connectivity index (χ2n) is 4.54. The van der Waals surface area contributed by atoms with Gasteiger partial charge in [-0.3, -0.25) is 0 Å². The predicted molar refractivity (Wildman–Crippen MR) is 71.1 cm³/mol. The zero-order valence-electron chi connectivity index (χ0n) is 10.3. The molecule has 0 radical (unpaired) electrons. The number of sulfonamides is 1. The maximum Gasteiger partial charge on any atom is 0.211 e. The number of anilines is 1. The molecule has 0 aliphatic heterocycles. The molecule has 1 aromatic rings. The molecule has 17 heavy (non-hydrogen) atoms. The van der Waals surface area contributed by atoms with E-state index < -0.39 is 15.3 Å². The lowest BCUT2D eigenvalue weighted by Crippen LogP contribution is -2.26. The van der Waals surface area contributed by atoms with E-state index in [-0.39, 0.29) is 0 Å². The summed E-state index contributed by atoms with van der Waals surface area (Å²) in [5.41, 5.74) is 7.51. The van der Waals surface area contributed by atoms with Crippen LogP contribution in [0, 0.1) is 0 Å². The molecule has 5 heteroatoms. The van der Waals surface area contributed by atoms with Gasteiger partial charge < -0.3 is 5.73 Å². The van der Waals surface area contributed by atoms with Crippen molar-refractivity contribution < 1.29 is 8.42 Å². The van der Waals surface area contributed by atoms with Crippen molar-refractivity contribution in [2.45, 2.75) is 37.9 Å². The van der Waals surface area contributed by atoms with Crippen molar-refractivity contribution in [3.05, 3.63) is 29.8 Å². The Balaban J connectivity index is 2.56. The molecule has 0 saturated carbocycles. The van der Waals surface area contributed by atoms with E-state index in [4.69, 9.17) is 10.9 Å². The first kappa shape index (κ1) is 14.0. The molecule has 96 valence electrons. The van der Waals surface area contributed by atoms with Gasteiger partial charge in [-0.25, -0.2) is 13.6 Å². The average Bonchev–Trinajstić information content (AvgIpc) is 2.25. The molecule has 0 fully saturated rings. The smallest absolute Gasteiger partial charge is 0.211 e. The molecule has 0 heterocycles. The molecule has 4 N–H and O–H groups in total. The number of hydrogen-bond donors (Lipinski definition) is 2. The van der Waals surface area contributed by atoms with E-state index in [0.29, 0.717) is 12.3 Å². The second kappa shape index (κ2) is 5.51. The summed E-state index contributed by atoms with van der Waals surface area (Å²) in [6.45, 7) is 3.71. The number of benzene rings is 1. The van der Waals surface area contributed by atoms with Gasteiger partial charge in [-0.1, -0.05) is 19.1 Å². The van der Waals surface area contributed by atoms with Gasteiger partial charge in [0.1, 0.15) is 0 Å². The lowest BCUT2D eigenvalue weighted by molar-refractivity contribution is 0.562. The van der Waals surface area contributed by atoms with Crippen molar-refractivity contribution in [3.8, 4) is 0 Å². The molecule has 2 atom stereocenters. The third-order valence-electron chi connectivity index (χ3n) is 3.07. The van der Waals surface area contributed by atoms with E-state index in [0.717, 1.165) is 12.1 Å². The first-order valence-electron chi connectivity index (χ1n) is 5.67. The van der Waals surface area contributed by atoms with Crippen molar-refractivity contribution in [1.29, 1.82) is 0 Å². The minimum absolute atomic E-state index is 0.305. The Morgan fingerprint density at radius 2 is 1.65 bits per heavy atom. The van der Waals surface area contributed by atoms with Gasteiger partial charge in [-0.15, -0.1) is 0 Å². The SMILES string of the molecule is CC(CCC(C)S(N)(=O)=O)c1ccc(N)cc1. The van der Waals surface area contributed by atoms with Crippen LogP contribution in [0.4, 0.5) is 5.69 Å². The van der Waals surface area contributed by atoms with Gasteiger partial charge in [0.25, 0.3) is 0 Å². The molecule has 0 aliphatic rings. The van der Waals surface area contributed by atoms with Crippen LogP contribution in [-0.2, 0) is 10.0 Å². The van der Waals surface area contributed by atoms with Crippen LogP contribution in [0.15, 0.2) is 24.3 Å². The Kier molecular flexibility index (Phi) is 4.54. The highest BCUT2D eigenvalue weighted by atomic mass is 32.2. The van der Waals surface area contributed by atoms with Crippen LogP contribution < -0.4 is 10.9 Å². The molecule has 1 rings (SSSR count). The fourth-order valence-corrected chi connectivity index (χ4v) is 2.10. The zero-order valence-corrected chi connectivity index (χ0v) is 11.1. The normalized spacial score (nSPS) is 15.5. The summed E-state index contributed by atoms with van der Waals surface area (Å²) in [4.78, 5) is 0. The van der Waals surface area contributed by atoms with Gasteiger partial charge in [0.05, 0.1) is 5.25 Å². The fourth-order valence-electron chi connectivity index (χ4n) is 1.64. The Morgan fingerprint density at radius 1 is 1.12 bits per heavy atom. The fraction of sp³-hybridized carbons (Fsp3) is 0.500. The van der Waals surface area contributed by atoms with E-state index in [1.165, 1.54) is 5.56 Å². The van der Waals surface area contributed by atoms with Crippen molar-refractivity contribution in [2.75, 3.05) is 5.73 Å². The Labute approximate surface area is 103 Å². The summed E-state index contributed by atoms with van der Waals surface area (Å²) < 4.78 is 22.2.